The lowest BCUT2D eigenvalue weighted by Crippen LogP contribution is -2.00. The van der Waals surface area contributed by atoms with Gasteiger partial charge in [0.2, 0.25) is 0 Å². The summed E-state index contributed by atoms with van der Waals surface area (Å²) in [4.78, 5) is 31.0. The Labute approximate surface area is 274 Å². The second kappa shape index (κ2) is 17.1. The van der Waals surface area contributed by atoms with Gasteiger partial charge in [-0.1, -0.05) is 78.9 Å². The molecular formula is C39H36N2O6. The first kappa shape index (κ1) is 34.2. The zero-order valence-corrected chi connectivity index (χ0v) is 26.1. The Hall–Kier alpha value is -5.70. The highest BCUT2D eigenvalue weighted by Crippen LogP contribution is 2.23. The van der Waals surface area contributed by atoms with E-state index in [-0.39, 0.29) is 6.61 Å². The number of rotatable bonds is 10. The maximum atomic E-state index is 11.8. The summed E-state index contributed by atoms with van der Waals surface area (Å²) in [5, 5.41) is 27.8. The first-order chi connectivity index (χ1) is 22.7. The number of nitrogens with zero attached hydrogens (tertiary/aromatic N) is 2. The summed E-state index contributed by atoms with van der Waals surface area (Å²) in [7, 11) is 0. The summed E-state index contributed by atoms with van der Waals surface area (Å²) >= 11 is 0. The molecule has 2 aromatic heterocycles. The van der Waals surface area contributed by atoms with Crippen molar-refractivity contribution < 1.29 is 29.6 Å². The monoisotopic (exact) mass is 628 g/mol. The van der Waals surface area contributed by atoms with Crippen molar-refractivity contribution in [3.63, 3.8) is 0 Å². The van der Waals surface area contributed by atoms with Crippen molar-refractivity contribution in [3.05, 3.63) is 155 Å². The Kier molecular flexibility index (Phi) is 12.4. The highest BCUT2D eigenvalue weighted by Gasteiger charge is 2.06. The van der Waals surface area contributed by atoms with Crippen molar-refractivity contribution >= 4 is 24.1 Å². The van der Waals surface area contributed by atoms with E-state index in [4.69, 9.17) is 9.84 Å². The lowest BCUT2D eigenvalue weighted by atomic mass is 10.0. The van der Waals surface area contributed by atoms with E-state index in [1.807, 2.05) is 97.1 Å². The number of ether oxygens (including phenoxy) is 1. The van der Waals surface area contributed by atoms with E-state index < -0.39 is 24.1 Å². The van der Waals surface area contributed by atoms with Gasteiger partial charge in [-0.2, -0.15) is 0 Å². The maximum Gasteiger partial charge on any atom is 0.331 e. The highest BCUT2D eigenvalue weighted by atomic mass is 16.5. The van der Waals surface area contributed by atoms with Gasteiger partial charge in [-0.3, -0.25) is 9.97 Å². The number of carbonyl (C=O) groups excluding carboxylic acids is 1. The number of carbonyl (C=O) groups is 2. The van der Waals surface area contributed by atoms with Gasteiger partial charge in [-0.25, -0.2) is 9.59 Å². The number of carboxylic acid groups (broad SMARTS) is 1. The van der Waals surface area contributed by atoms with Crippen LogP contribution in [0.1, 0.15) is 53.9 Å². The van der Waals surface area contributed by atoms with E-state index in [0.29, 0.717) is 0 Å². The second-order valence-electron chi connectivity index (χ2n) is 10.7. The van der Waals surface area contributed by atoms with E-state index >= 15 is 0 Å². The molecule has 8 nitrogen and oxygen atoms in total. The van der Waals surface area contributed by atoms with Crippen molar-refractivity contribution in [2.75, 3.05) is 0 Å². The number of hydrogen-bond acceptors (Lipinski definition) is 7. The highest BCUT2D eigenvalue weighted by molar-refractivity contribution is 5.87. The van der Waals surface area contributed by atoms with Gasteiger partial charge in [0.15, 0.2) is 0 Å². The summed E-state index contributed by atoms with van der Waals surface area (Å²) in [6.07, 6.45) is 7.91. The normalized spacial score (nSPS) is 12.3. The third-order valence-corrected chi connectivity index (χ3v) is 6.96. The molecule has 3 aromatic carbocycles. The summed E-state index contributed by atoms with van der Waals surface area (Å²) in [5.41, 5.74) is 7.60. The molecule has 0 radical (unpaired) electrons. The van der Waals surface area contributed by atoms with Crippen LogP contribution in [0.2, 0.25) is 0 Å². The number of esters is 1. The fourth-order valence-corrected chi connectivity index (χ4v) is 4.37. The molecule has 0 unspecified atom stereocenters. The summed E-state index contributed by atoms with van der Waals surface area (Å²) in [6.45, 7) is 3.70. The fraction of sp³-hybridized carbons (Fsp3) is 0.128. The van der Waals surface area contributed by atoms with E-state index in [1.165, 1.54) is 12.2 Å². The summed E-state index contributed by atoms with van der Waals surface area (Å²) in [5.74, 6) is -1.38. The van der Waals surface area contributed by atoms with Crippen LogP contribution in [0.3, 0.4) is 0 Å². The Bertz CT molecular complexity index is 1810. The average molecular weight is 629 g/mol. The number of pyridine rings is 2. The van der Waals surface area contributed by atoms with Crippen LogP contribution in [0, 0.1) is 0 Å². The van der Waals surface area contributed by atoms with Crippen LogP contribution in [0.5, 0.6) is 0 Å². The van der Waals surface area contributed by atoms with E-state index in [0.717, 1.165) is 56.4 Å². The molecule has 8 heteroatoms. The number of aliphatic carboxylic acids is 1. The lowest BCUT2D eigenvalue weighted by Gasteiger charge is -2.07. The molecule has 0 saturated heterocycles. The van der Waals surface area contributed by atoms with E-state index in [9.17, 15) is 19.8 Å². The minimum atomic E-state index is -0.987. The SMILES string of the molecule is C[C@@H](O)c1cccc(-c2ccc(/C=C/C(=O)O)cn2)c1.C[C@@H](O)c1cccc(-c2ccc(/C=C/C(=O)OCc3ccccc3)cn2)c1. The molecule has 5 rings (SSSR count). The molecule has 0 amide bonds. The van der Waals surface area contributed by atoms with Gasteiger partial charge in [0.25, 0.3) is 0 Å². The van der Waals surface area contributed by atoms with Crippen molar-refractivity contribution in [2.24, 2.45) is 0 Å². The molecule has 0 aliphatic rings. The topological polar surface area (TPSA) is 130 Å². The number of aromatic nitrogens is 2. The van der Waals surface area contributed by atoms with E-state index in [1.54, 1.807) is 38.4 Å². The van der Waals surface area contributed by atoms with Crippen molar-refractivity contribution in [2.45, 2.75) is 32.7 Å². The van der Waals surface area contributed by atoms with Gasteiger partial charge in [-0.05, 0) is 78.1 Å². The van der Waals surface area contributed by atoms with Crippen LogP contribution < -0.4 is 0 Å². The van der Waals surface area contributed by atoms with Crippen LogP contribution in [0.15, 0.2) is 128 Å². The predicted molar refractivity (Wildman–Crippen MR) is 183 cm³/mol. The van der Waals surface area contributed by atoms with Crippen LogP contribution in [-0.2, 0) is 20.9 Å². The first-order valence-electron chi connectivity index (χ1n) is 15.0. The molecule has 0 saturated carbocycles. The standard InChI is InChI=1S/C23H21NO3.C16H15NO3/c1-17(25)20-8-5-9-21(14-20)22-12-10-18(15-24-22)11-13-23(26)27-16-19-6-3-2-4-7-19;1-11(18)13-3-2-4-14(9-13)15-7-5-12(10-17-15)6-8-16(19)20/h2-15,17,25H,16H2,1H3;2-11,18H,1H3,(H,19,20)/b13-11+;8-6+/t17-;11-/m11/s1. The summed E-state index contributed by atoms with van der Waals surface area (Å²) < 4.78 is 5.21. The van der Waals surface area contributed by atoms with Crippen molar-refractivity contribution in [1.82, 2.24) is 9.97 Å². The van der Waals surface area contributed by atoms with Crippen molar-refractivity contribution in [3.8, 4) is 22.5 Å². The zero-order chi connectivity index (χ0) is 33.6. The van der Waals surface area contributed by atoms with Crippen LogP contribution in [0.4, 0.5) is 0 Å². The quantitative estimate of drug-likeness (QED) is 0.107. The third kappa shape index (κ3) is 11.0. The maximum absolute atomic E-state index is 11.8. The number of carboxylic acids is 1. The molecule has 0 fully saturated rings. The van der Waals surface area contributed by atoms with Gasteiger partial charge in [0.05, 0.1) is 23.6 Å². The van der Waals surface area contributed by atoms with E-state index in [2.05, 4.69) is 9.97 Å². The second-order valence-corrected chi connectivity index (χ2v) is 10.7. The number of aliphatic hydroxyl groups is 2. The van der Waals surface area contributed by atoms with Gasteiger partial charge >= 0.3 is 11.9 Å². The van der Waals surface area contributed by atoms with Crippen LogP contribution >= 0.6 is 0 Å². The molecular weight excluding hydrogens is 592 g/mol. The molecule has 0 spiro atoms. The molecule has 47 heavy (non-hydrogen) atoms. The van der Waals surface area contributed by atoms with Gasteiger partial charge in [0.1, 0.15) is 6.61 Å². The number of aliphatic hydroxyl groups excluding tert-OH is 2. The minimum Gasteiger partial charge on any atom is -0.478 e. The smallest absolute Gasteiger partial charge is 0.331 e. The lowest BCUT2D eigenvalue weighted by molar-refractivity contribution is -0.139. The Morgan fingerprint density at radius 2 is 1.19 bits per heavy atom. The van der Waals surface area contributed by atoms with Crippen molar-refractivity contribution in [1.29, 1.82) is 0 Å². The Balaban J connectivity index is 0.000000223. The predicted octanol–water partition coefficient (Wildman–Crippen LogP) is 7.46. The summed E-state index contributed by atoms with van der Waals surface area (Å²) in [6, 6.07) is 32.1. The third-order valence-electron chi connectivity index (χ3n) is 6.96. The largest absolute Gasteiger partial charge is 0.478 e. The average Bonchev–Trinajstić information content (AvgIpc) is 3.10. The fourth-order valence-electron chi connectivity index (χ4n) is 4.37. The number of hydrogen-bond donors (Lipinski definition) is 3. The Morgan fingerprint density at radius 1 is 0.681 bits per heavy atom. The van der Waals surface area contributed by atoms with Crippen LogP contribution in [0.25, 0.3) is 34.7 Å². The molecule has 238 valence electrons. The minimum absolute atomic E-state index is 0.251. The molecule has 2 atom stereocenters. The molecule has 5 aromatic rings. The molecule has 0 aliphatic carbocycles. The zero-order valence-electron chi connectivity index (χ0n) is 26.1. The van der Waals surface area contributed by atoms with Gasteiger partial charge in [0, 0.05) is 35.7 Å². The van der Waals surface area contributed by atoms with Gasteiger partial charge < -0.3 is 20.1 Å². The molecule has 0 aliphatic heterocycles. The first-order valence-corrected chi connectivity index (χ1v) is 15.0. The molecule has 3 N–H and O–H groups in total. The molecule has 0 bridgehead atoms. The molecule has 2 heterocycles. The number of benzene rings is 3. The van der Waals surface area contributed by atoms with Gasteiger partial charge in [-0.15, -0.1) is 0 Å². The van der Waals surface area contributed by atoms with Crippen LogP contribution in [-0.4, -0.2) is 37.2 Å². The Morgan fingerprint density at radius 3 is 1.64 bits per heavy atom.